The number of anilines is 2. The number of pyridine rings is 2. The van der Waals surface area contributed by atoms with Crippen molar-refractivity contribution in [1.82, 2.24) is 24.8 Å². The van der Waals surface area contributed by atoms with E-state index in [0.717, 1.165) is 61.2 Å². The van der Waals surface area contributed by atoms with Crippen LogP contribution in [0.15, 0.2) is 42.7 Å². The molecule has 0 saturated carbocycles. The number of aromatic nitrogens is 4. The Hall–Kier alpha value is -3.37. The average molecular weight is 400 g/mol. The van der Waals surface area contributed by atoms with Gasteiger partial charge in [-0.05, 0) is 63.5 Å². The Kier molecular flexibility index (Phi) is 5.96. The van der Waals surface area contributed by atoms with Crippen LogP contribution in [0.3, 0.4) is 0 Å². The molecule has 7 heteroatoms. The van der Waals surface area contributed by atoms with E-state index in [-0.39, 0.29) is 0 Å². The summed E-state index contributed by atoms with van der Waals surface area (Å²) >= 11 is 0. The second-order valence-electron chi connectivity index (χ2n) is 7.75. The summed E-state index contributed by atoms with van der Waals surface area (Å²) in [6.45, 7) is 6.97. The van der Waals surface area contributed by atoms with Gasteiger partial charge in [0.05, 0.1) is 11.9 Å². The van der Waals surface area contributed by atoms with Crippen molar-refractivity contribution >= 4 is 11.5 Å². The number of rotatable bonds is 5. The van der Waals surface area contributed by atoms with Crippen LogP contribution in [0.1, 0.15) is 47.2 Å². The molecule has 152 valence electrons. The summed E-state index contributed by atoms with van der Waals surface area (Å²) in [5.74, 6) is 1.95. The molecule has 0 spiro atoms. The molecule has 0 bridgehead atoms. The number of hydrogen-bond acceptors (Lipinski definition) is 7. The summed E-state index contributed by atoms with van der Waals surface area (Å²) < 4.78 is 0. The second-order valence-corrected chi connectivity index (χ2v) is 7.75. The Morgan fingerprint density at radius 3 is 2.57 bits per heavy atom. The minimum absolute atomic E-state index is 0.397. The highest BCUT2D eigenvalue weighted by Crippen LogP contribution is 2.29. The highest BCUT2D eigenvalue weighted by Gasteiger charge is 2.22. The van der Waals surface area contributed by atoms with Crippen molar-refractivity contribution in [3.8, 4) is 6.07 Å². The summed E-state index contributed by atoms with van der Waals surface area (Å²) in [4.78, 5) is 20.2. The van der Waals surface area contributed by atoms with Crippen LogP contribution in [-0.2, 0) is 6.54 Å². The quantitative estimate of drug-likeness (QED) is 0.696. The molecule has 1 fully saturated rings. The van der Waals surface area contributed by atoms with Gasteiger partial charge in [-0.15, -0.1) is 0 Å². The van der Waals surface area contributed by atoms with E-state index in [1.165, 1.54) is 5.56 Å². The zero-order chi connectivity index (χ0) is 20.9. The highest BCUT2D eigenvalue weighted by molar-refractivity contribution is 5.55. The third-order valence-corrected chi connectivity index (χ3v) is 5.39. The van der Waals surface area contributed by atoms with Crippen molar-refractivity contribution in [3.05, 3.63) is 71.2 Å². The van der Waals surface area contributed by atoms with Gasteiger partial charge in [0.1, 0.15) is 23.4 Å². The van der Waals surface area contributed by atoms with Gasteiger partial charge in [-0.1, -0.05) is 6.07 Å². The van der Waals surface area contributed by atoms with Crippen molar-refractivity contribution < 1.29 is 0 Å². The first-order chi connectivity index (χ1) is 14.6. The third kappa shape index (κ3) is 4.97. The molecule has 3 aromatic heterocycles. The number of likely N-dealkylation sites (tertiary alicyclic amines) is 1. The van der Waals surface area contributed by atoms with E-state index in [0.29, 0.717) is 11.6 Å². The smallest absolute Gasteiger partial charge is 0.140 e. The Labute approximate surface area is 176 Å². The van der Waals surface area contributed by atoms with Gasteiger partial charge in [-0.25, -0.2) is 15.0 Å². The zero-order valence-electron chi connectivity index (χ0n) is 17.3. The van der Waals surface area contributed by atoms with E-state index in [9.17, 15) is 0 Å². The monoisotopic (exact) mass is 399 g/mol. The van der Waals surface area contributed by atoms with Crippen LogP contribution >= 0.6 is 0 Å². The van der Waals surface area contributed by atoms with Crippen LogP contribution in [-0.4, -0.2) is 37.9 Å². The fourth-order valence-electron chi connectivity index (χ4n) is 3.78. The standard InChI is InChI=1S/C23H25N7/c1-16-3-4-18(13-25-16)15-30-9-7-19(8-10-30)22-11-23(28-17(2)27-22)29-21-6-5-20(12-24)26-14-21/h3-6,11,13-14,19H,7-10,15H2,1-2H3,(H,27,28,29). The summed E-state index contributed by atoms with van der Waals surface area (Å²) in [7, 11) is 0. The van der Waals surface area contributed by atoms with Crippen LogP contribution in [0.4, 0.5) is 11.5 Å². The molecule has 1 aliphatic heterocycles. The Balaban J connectivity index is 1.39. The molecular formula is C23H25N7. The highest BCUT2D eigenvalue weighted by atomic mass is 15.1. The first kappa shape index (κ1) is 19.9. The molecule has 7 nitrogen and oxygen atoms in total. The van der Waals surface area contributed by atoms with Gasteiger partial charge >= 0.3 is 0 Å². The molecule has 3 aromatic rings. The van der Waals surface area contributed by atoms with E-state index in [1.807, 2.05) is 38.2 Å². The SMILES string of the molecule is Cc1ccc(CN2CCC(c3cc(Nc4ccc(C#N)nc4)nc(C)n3)CC2)cn1. The van der Waals surface area contributed by atoms with E-state index in [4.69, 9.17) is 10.2 Å². The zero-order valence-corrected chi connectivity index (χ0v) is 17.3. The molecule has 0 amide bonds. The fraction of sp³-hybridized carbons (Fsp3) is 0.348. The summed E-state index contributed by atoms with van der Waals surface area (Å²) in [6.07, 6.45) is 5.78. The first-order valence-electron chi connectivity index (χ1n) is 10.2. The van der Waals surface area contributed by atoms with Crippen molar-refractivity contribution in [2.45, 2.75) is 39.2 Å². The average Bonchev–Trinajstić information content (AvgIpc) is 2.76. The van der Waals surface area contributed by atoms with E-state index in [1.54, 1.807) is 12.3 Å². The molecule has 4 rings (SSSR count). The molecule has 1 aliphatic rings. The maximum atomic E-state index is 8.89. The molecule has 4 heterocycles. The molecule has 30 heavy (non-hydrogen) atoms. The Morgan fingerprint density at radius 2 is 1.90 bits per heavy atom. The second kappa shape index (κ2) is 8.97. The molecule has 1 N–H and O–H groups in total. The van der Waals surface area contributed by atoms with Gasteiger partial charge in [0.2, 0.25) is 0 Å². The van der Waals surface area contributed by atoms with Crippen molar-refractivity contribution in [2.75, 3.05) is 18.4 Å². The first-order valence-corrected chi connectivity index (χ1v) is 10.2. The van der Waals surface area contributed by atoms with Gasteiger partial charge in [-0.2, -0.15) is 5.26 Å². The van der Waals surface area contributed by atoms with E-state index in [2.05, 4.69) is 37.3 Å². The van der Waals surface area contributed by atoms with Crippen LogP contribution in [0, 0.1) is 25.2 Å². The summed E-state index contributed by atoms with van der Waals surface area (Å²) in [5.41, 5.74) is 4.60. The largest absolute Gasteiger partial charge is 0.339 e. The van der Waals surface area contributed by atoms with E-state index >= 15 is 0 Å². The van der Waals surface area contributed by atoms with Crippen molar-refractivity contribution in [1.29, 1.82) is 5.26 Å². The number of nitrogens with zero attached hydrogens (tertiary/aromatic N) is 6. The number of aryl methyl sites for hydroxylation is 2. The van der Waals surface area contributed by atoms with E-state index < -0.39 is 0 Å². The molecular weight excluding hydrogens is 374 g/mol. The van der Waals surface area contributed by atoms with Crippen LogP contribution in [0.25, 0.3) is 0 Å². The lowest BCUT2D eigenvalue weighted by molar-refractivity contribution is 0.203. The summed E-state index contributed by atoms with van der Waals surface area (Å²) in [5, 5.41) is 12.2. The van der Waals surface area contributed by atoms with Gasteiger partial charge in [0, 0.05) is 36.1 Å². The maximum Gasteiger partial charge on any atom is 0.140 e. The Morgan fingerprint density at radius 1 is 1.07 bits per heavy atom. The number of nitrogens with one attached hydrogen (secondary N) is 1. The predicted octanol–water partition coefficient (Wildman–Crippen LogP) is 3.88. The van der Waals surface area contributed by atoms with Crippen molar-refractivity contribution in [2.24, 2.45) is 0 Å². The van der Waals surface area contributed by atoms with Crippen LogP contribution in [0.5, 0.6) is 0 Å². The Bertz CT molecular complexity index is 1030. The molecule has 1 saturated heterocycles. The number of nitriles is 1. The van der Waals surface area contributed by atoms with Gasteiger partial charge in [-0.3, -0.25) is 9.88 Å². The minimum Gasteiger partial charge on any atom is -0.339 e. The van der Waals surface area contributed by atoms with Gasteiger partial charge < -0.3 is 5.32 Å². The summed E-state index contributed by atoms with van der Waals surface area (Å²) in [6, 6.07) is 11.8. The topological polar surface area (TPSA) is 90.6 Å². The number of hydrogen-bond donors (Lipinski definition) is 1. The maximum absolute atomic E-state index is 8.89. The molecule has 0 aromatic carbocycles. The number of piperidine rings is 1. The van der Waals surface area contributed by atoms with Gasteiger partial charge in [0.25, 0.3) is 0 Å². The molecule has 0 unspecified atom stereocenters. The lowest BCUT2D eigenvalue weighted by atomic mass is 9.93. The van der Waals surface area contributed by atoms with Crippen LogP contribution in [0.2, 0.25) is 0 Å². The van der Waals surface area contributed by atoms with Gasteiger partial charge in [0.15, 0.2) is 0 Å². The lowest BCUT2D eigenvalue weighted by Gasteiger charge is -2.31. The fourth-order valence-corrected chi connectivity index (χ4v) is 3.78. The predicted molar refractivity (Wildman–Crippen MR) is 115 cm³/mol. The van der Waals surface area contributed by atoms with Crippen LogP contribution < -0.4 is 5.32 Å². The van der Waals surface area contributed by atoms with Crippen molar-refractivity contribution in [3.63, 3.8) is 0 Å². The lowest BCUT2D eigenvalue weighted by Crippen LogP contribution is -2.32. The molecule has 0 aliphatic carbocycles. The normalized spacial score (nSPS) is 15.0. The molecule has 0 radical (unpaired) electrons. The third-order valence-electron chi connectivity index (χ3n) is 5.39. The minimum atomic E-state index is 0.397. The molecule has 0 atom stereocenters.